The standard InChI is InChI=1S/C19H27FN2.C2H6/c1-16(2)19(17-7-9-18(20)10-8-17)15-21(3)13-14-22-11-5-4-6-12-22;1-2/h7-10,15H,1,4-6,11-14H2,2-3H3;1-2H3/b19-15+;. The van der Waals surface area contributed by atoms with Crippen LogP contribution in [-0.4, -0.2) is 43.0 Å². The van der Waals surface area contributed by atoms with E-state index in [1.54, 1.807) is 0 Å². The van der Waals surface area contributed by atoms with Crippen molar-refractivity contribution in [3.63, 3.8) is 0 Å². The monoisotopic (exact) mass is 332 g/mol. The normalized spacial score (nSPS) is 15.5. The molecule has 1 aromatic carbocycles. The molecular weight excluding hydrogens is 299 g/mol. The van der Waals surface area contributed by atoms with Crippen molar-refractivity contribution in [3.8, 4) is 0 Å². The summed E-state index contributed by atoms with van der Waals surface area (Å²) in [6.07, 6.45) is 6.15. The van der Waals surface area contributed by atoms with Crippen molar-refractivity contribution in [2.75, 3.05) is 33.2 Å². The maximum absolute atomic E-state index is 13.1. The molecular formula is C21H33FN2. The van der Waals surface area contributed by atoms with Crippen LogP contribution >= 0.6 is 0 Å². The predicted molar refractivity (Wildman–Crippen MR) is 103 cm³/mol. The first kappa shape index (κ1) is 20.4. The number of piperidine rings is 1. The van der Waals surface area contributed by atoms with E-state index in [4.69, 9.17) is 0 Å². The lowest BCUT2D eigenvalue weighted by molar-refractivity contribution is 0.212. The van der Waals surface area contributed by atoms with Crippen LogP contribution in [0.25, 0.3) is 5.57 Å². The van der Waals surface area contributed by atoms with Gasteiger partial charge in [-0.2, -0.15) is 0 Å². The van der Waals surface area contributed by atoms with Crippen molar-refractivity contribution < 1.29 is 4.39 Å². The van der Waals surface area contributed by atoms with Crippen molar-refractivity contribution >= 4 is 5.57 Å². The van der Waals surface area contributed by atoms with Crippen molar-refractivity contribution in [2.24, 2.45) is 0 Å². The molecule has 1 aromatic rings. The Bertz CT molecular complexity index is 513. The molecule has 2 nitrogen and oxygen atoms in total. The molecule has 1 saturated heterocycles. The maximum atomic E-state index is 13.1. The fraction of sp³-hybridized carbons (Fsp3) is 0.524. The van der Waals surface area contributed by atoms with Crippen LogP contribution in [0.4, 0.5) is 4.39 Å². The van der Waals surface area contributed by atoms with Gasteiger partial charge >= 0.3 is 0 Å². The van der Waals surface area contributed by atoms with E-state index in [0.717, 1.165) is 29.8 Å². The van der Waals surface area contributed by atoms with Gasteiger partial charge in [-0.3, -0.25) is 0 Å². The van der Waals surface area contributed by atoms with Crippen molar-refractivity contribution in [1.29, 1.82) is 0 Å². The van der Waals surface area contributed by atoms with E-state index in [2.05, 4.69) is 29.6 Å². The number of benzene rings is 1. The number of rotatable bonds is 6. The number of hydrogen-bond acceptors (Lipinski definition) is 2. The molecule has 1 aliphatic heterocycles. The van der Waals surface area contributed by atoms with Crippen molar-refractivity contribution in [1.82, 2.24) is 9.80 Å². The van der Waals surface area contributed by atoms with Gasteiger partial charge in [0.25, 0.3) is 0 Å². The lowest BCUT2D eigenvalue weighted by Gasteiger charge is -2.28. The third-order valence-electron chi connectivity index (χ3n) is 4.18. The van der Waals surface area contributed by atoms with Crippen LogP contribution in [0.3, 0.4) is 0 Å². The largest absolute Gasteiger partial charge is 0.379 e. The lowest BCUT2D eigenvalue weighted by atomic mass is 10.0. The first-order chi connectivity index (χ1) is 11.6. The summed E-state index contributed by atoms with van der Waals surface area (Å²) >= 11 is 0. The fourth-order valence-electron chi connectivity index (χ4n) is 2.83. The van der Waals surface area contributed by atoms with Gasteiger partial charge < -0.3 is 9.80 Å². The van der Waals surface area contributed by atoms with Gasteiger partial charge in [0.2, 0.25) is 0 Å². The molecule has 1 aliphatic rings. The van der Waals surface area contributed by atoms with Crippen molar-refractivity contribution in [2.45, 2.75) is 40.0 Å². The number of nitrogens with zero attached hydrogens (tertiary/aromatic N) is 2. The van der Waals surface area contributed by atoms with Gasteiger partial charge in [0, 0.05) is 26.3 Å². The van der Waals surface area contributed by atoms with Gasteiger partial charge in [0.1, 0.15) is 5.82 Å². The Morgan fingerprint density at radius 1 is 1.17 bits per heavy atom. The third kappa shape index (κ3) is 6.88. The highest BCUT2D eigenvalue weighted by molar-refractivity contribution is 5.77. The minimum absolute atomic E-state index is 0.205. The predicted octanol–water partition coefficient (Wildman–Crippen LogP) is 5.19. The van der Waals surface area contributed by atoms with Crippen LogP contribution in [0.5, 0.6) is 0 Å². The topological polar surface area (TPSA) is 6.48 Å². The lowest BCUT2D eigenvalue weighted by Crippen LogP contribution is -2.35. The van der Waals surface area contributed by atoms with Crippen LogP contribution in [0.15, 0.2) is 42.6 Å². The van der Waals surface area contributed by atoms with E-state index in [1.165, 1.54) is 44.5 Å². The van der Waals surface area contributed by atoms with E-state index < -0.39 is 0 Å². The SMILES string of the molecule is C=C(C)/C(=C\N(C)CCN1CCCCC1)c1ccc(F)cc1.CC. The van der Waals surface area contributed by atoms with E-state index in [9.17, 15) is 4.39 Å². The molecule has 0 aromatic heterocycles. The van der Waals surface area contributed by atoms with Crippen molar-refractivity contribution in [3.05, 3.63) is 54.0 Å². The summed E-state index contributed by atoms with van der Waals surface area (Å²) in [6, 6.07) is 6.63. The summed E-state index contributed by atoms with van der Waals surface area (Å²) in [5.41, 5.74) is 3.08. The van der Waals surface area contributed by atoms with Gasteiger partial charge in [0.05, 0.1) is 0 Å². The summed E-state index contributed by atoms with van der Waals surface area (Å²) in [5.74, 6) is -0.205. The van der Waals surface area contributed by atoms with Crippen LogP contribution in [0.2, 0.25) is 0 Å². The van der Waals surface area contributed by atoms with E-state index in [0.29, 0.717) is 0 Å². The molecule has 0 bridgehead atoms. The minimum atomic E-state index is -0.205. The van der Waals surface area contributed by atoms with Gasteiger partial charge in [-0.1, -0.05) is 39.0 Å². The Hall–Kier alpha value is -1.61. The summed E-state index contributed by atoms with van der Waals surface area (Å²) in [5, 5.41) is 0. The Balaban J connectivity index is 0.00000139. The number of hydrogen-bond donors (Lipinski definition) is 0. The Kier molecular flexibility index (Phi) is 9.39. The van der Waals surface area contributed by atoms with Crippen LogP contribution in [-0.2, 0) is 0 Å². The summed E-state index contributed by atoms with van der Waals surface area (Å²) in [4.78, 5) is 4.74. The molecule has 0 radical (unpaired) electrons. The molecule has 0 aliphatic carbocycles. The Morgan fingerprint density at radius 3 is 2.29 bits per heavy atom. The number of likely N-dealkylation sites (N-methyl/N-ethyl adjacent to an activating group) is 1. The molecule has 0 N–H and O–H groups in total. The molecule has 24 heavy (non-hydrogen) atoms. The molecule has 1 heterocycles. The van der Waals surface area contributed by atoms with Gasteiger partial charge in [-0.15, -0.1) is 0 Å². The highest BCUT2D eigenvalue weighted by Gasteiger charge is 2.10. The molecule has 0 saturated carbocycles. The van der Waals surface area contributed by atoms with E-state index in [1.807, 2.05) is 32.9 Å². The smallest absolute Gasteiger partial charge is 0.123 e. The number of allylic oxidation sites excluding steroid dienone is 2. The Morgan fingerprint density at radius 2 is 1.75 bits per heavy atom. The second-order valence-corrected chi connectivity index (χ2v) is 6.21. The number of likely N-dealkylation sites (tertiary alicyclic amines) is 1. The zero-order chi connectivity index (χ0) is 17.9. The molecule has 0 atom stereocenters. The summed E-state index contributed by atoms with van der Waals surface area (Å²) < 4.78 is 13.1. The fourth-order valence-corrected chi connectivity index (χ4v) is 2.83. The molecule has 0 amide bonds. The maximum Gasteiger partial charge on any atom is 0.123 e. The van der Waals surface area contributed by atoms with Crippen LogP contribution in [0, 0.1) is 5.82 Å². The molecule has 134 valence electrons. The molecule has 0 spiro atoms. The first-order valence-electron chi connectivity index (χ1n) is 9.12. The third-order valence-corrected chi connectivity index (χ3v) is 4.18. The zero-order valence-corrected chi connectivity index (χ0v) is 15.8. The zero-order valence-electron chi connectivity index (χ0n) is 15.8. The minimum Gasteiger partial charge on any atom is -0.379 e. The molecule has 3 heteroatoms. The average Bonchev–Trinajstić information content (AvgIpc) is 2.61. The van der Waals surface area contributed by atoms with Crippen LogP contribution < -0.4 is 0 Å². The van der Waals surface area contributed by atoms with Gasteiger partial charge in [-0.05, 0) is 61.7 Å². The average molecular weight is 333 g/mol. The van der Waals surface area contributed by atoms with E-state index in [-0.39, 0.29) is 5.82 Å². The molecule has 1 fully saturated rings. The van der Waals surface area contributed by atoms with Crippen LogP contribution in [0.1, 0.15) is 45.6 Å². The molecule has 0 unspecified atom stereocenters. The second kappa shape index (κ2) is 11.0. The highest BCUT2D eigenvalue weighted by Crippen LogP contribution is 2.22. The second-order valence-electron chi connectivity index (χ2n) is 6.21. The molecule has 2 rings (SSSR count). The number of halogens is 1. The van der Waals surface area contributed by atoms with E-state index >= 15 is 0 Å². The highest BCUT2D eigenvalue weighted by atomic mass is 19.1. The Labute approximate surface area is 147 Å². The summed E-state index contributed by atoms with van der Waals surface area (Å²) in [6.45, 7) is 14.6. The van der Waals surface area contributed by atoms with Gasteiger partial charge in [-0.25, -0.2) is 4.39 Å². The van der Waals surface area contributed by atoms with Gasteiger partial charge in [0.15, 0.2) is 0 Å². The first-order valence-corrected chi connectivity index (χ1v) is 9.12. The summed E-state index contributed by atoms with van der Waals surface area (Å²) in [7, 11) is 2.09. The quantitative estimate of drug-likeness (QED) is 0.662.